The van der Waals surface area contributed by atoms with Gasteiger partial charge in [-0.05, 0) is 19.2 Å². The van der Waals surface area contributed by atoms with Crippen LogP contribution < -0.4 is 0 Å². The number of fused-ring (bicyclic) bond motifs is 1. The van der Waals surface area contributed by atoms with Gasteiger partial charge in [-0.3, -0.25) is 4.90 Å². The summed E-state index contributed by atoms with van der Waals surface area (Å²) in [4.78, 5) is 2.16. The van der Waals surface area contributed by atoms with Crippen molar-refractivity contribution < 1.29 is 8.81 Å². The van der Waals surface area contributed by atoms with Gasteiger partial charge in [-0.25, -0.2) is 4.39 Å². The molecule has 0 atom stereocenters. The van der Waals surface area contributed by atoms with E-state index in [1.807, 2.05) is 49.7 Å². The number of rotatable bonds is 5. The molecule has 3 aromatic rings. The van der Waals surface area contributed by atoms with Crippen LogP contribution >= 0.6 is 0 Å². The zero-order chi connectivity index (χ0) is 15.4. The first-order valence-electron chi connectivity index (χ1n) is 7.29. The molecule has 0 amide bonds. The average molecular weight is 295 g/mol. The largest absolute Gasteiger partial charge is 0.464 e. The Kier molecular flexibility index (Phi) is 4.35. The predicted octanol–water partition coefficient (Wildman–Crippen LogP) is 4.72. The highest BCUT2D eigenvalue weighted by Crippen LogP contribution is 2.21. The number of likely N-dealkylation sites (N-methyl/N-ethyl adjacent to an activating group) is 1. The van der Waals surface area contributed by atoms with Gasteiger partial charge in [0, 0.05) is 29.6 Å². The molecule has 22 heavy (non-hydrogen) atoms. The van der Waals surface area contributed by atoms with E-state index < -0.39 is 0 Å². The fourth-order valence-electron chi connectivity index (χ4n) is 2.48. The minimum atomic E-state index is -0.192. The zero-order valence-electron chi connectivity index (χ0n) is 12.5. The molecule has 0 bridgehead atoms. The van der Waals surface area contributed by atoms with Crippen molar-refractivity contribution in [2.24, 2.45) is 0 Å². The summed E-state index contributed by atoms with van der Waals surface area (Å²) in [7, 11) is 2.04. The fourth-order valence-corrected chi connectivity index (χ4v) is 2.48. The van der Waals surface area contributed by atoms with Crippen LogP contribution in [-0.2, 0) is 6.54 Å². The number of hydrogen-bond donors (Lipinski definition) is 0. The number of furan rings is 1. The molecule has 1 heterocycles. The lowest BCUT2D eigenvalue weighted by Gasteiger charge is -2.13. The van der Waals surface area contributed by atoms with E-state index in [4.69, 9.17) is 4.42 Å². The Bertz CT molecular complexity index is 791. The summed E-state index contributed by atoms with van der Waals surface area (Å²) in [6, 6.07) is 14.8. The molecule has 0 unspecified atom stereocenters. The van der Waals surface area contributed by atoms with E-state index in [1.165, 1.54) is 6.07 Å². The molecule has 0 aliphatic rings. The van der Waals surface area contributed by atoms with Crippen molar-refractivity contribution in [2.45, 2.75) is 6.54 Å². The molecular formula is C19H18FNO. The number of para-hydroxylation sites is 1. The first-order valence-corrected chi connectivity index (χ1v) is 7.29. The molecule has 0 aliphatic heterocycles. The van der Waals surface area contributed by atoms with Crippen LogP contribution in [0.5, 0.6) is 0 Å². The number of hydrogen-bond acceptors (Lipinski definition) is 2. The van der Waals surface area contributed by atoms with Crippen LogP contribution in [0.2, 0.25) is 0 Å². The fraction of sp³-hybridized carbons (Fsp3) is 0.158. The Morgan fingerprint density at radius 2 is 1.86 bits per heavy atom. The molecule has 3 rings (SSSR count). The number of benzene rings is 2. The Labute approximate surface area is 129 Å². The van der Waals surface area contributed by atoms with E-state index in [-0.39, 0.29) is 5.82 Å². The van der Waals surface area contributed by atoms with Gasteiger partial charge in [0.1, 0.15) is 11.4 Å². The minimum absolute atomic E-state index is 0.192. The van der Waals surface area contributed by atoms with Crippen molar-refractivity contribution in [2.75, 3.05) is 13.6 Å². The van der Waals surface area contributed by atoms with Crippen molar-refractivity contribution >= 4 is 17.0 Å². The Morgan fingerprint density at radius 3 is 2.73 bits per heavy atom. The first-order chi connectivity index (χ1) is 10.7. The summed E-state index contributed by atoms with van der Waals surface area (Å²) in [6.07, 6.45) is 5.60. The van der Waals surface area contributed by atoms with Crippen molar-refractivity contribution in [1.82, 2.24) is 4.90 Å². The molecule has 0 saturated carbocycles. The minimum Gasteiger partial charge on any atom is -0.464 e. The van der Waals surface area contributed by atoms with Gasteiger partial charge in [0.05, 0.1) is 6.26 Å². The van der Waals surface area contributed by atoms with Crippen molar-refractivity contribution in [3.05, 3.63) is 77.8 Å². The molecule has 0 spiro atoms. The topological polar surface area (TPSA) is 16.4 Å². The van der Waals surface area contributed by atoms with Crippen LogP contribution in [0.4, 0.5) is 4.39 Å². The summed E-state index contributed by atoms with van der Waals surface area (Å²) in [5.74, 6) is -0.192. The normalized spacial score (nSPS) is 11.8. The highest BCUT2D eigenvalue weighted by atomic mass is 19.1. The summed E-state index contributed by atoms with van der Waals surface area (Å²) >= 11 is 0. The summed E-state index contributed by atoms with van der Waals surface area (Å²) in [5.41, 5.74) is 2.69. The zero-order valence-corrected chi connectivity index (χ0v) is 12.5. The third kappa shape index (κ3) is 3.26. The van der Waals surface area contributed by atoms with Gasteiger partial charge < -0.3 is 4.42 Å². The molecule has 0 radical (unpaired) electrons. The Hall–Kier alpha value is -2.39. The van der Waals surface area contributed by atoms with Crippen molar-refractivity contribution in [3.8, 4) is 0 Å². The van der Waals surface area contributed by atoms with Crippen LogP contribution in [0.25, 0.3) is 17.0 Å². The van der Waals surface area contributed by atoms with E-state index in [0.29, 0.717) is 5.56 Å². The number of nitrogens with zero attached hydrogens (tertiary/aromatic N) is 1. The Balaban J connectivity index is 1.63. The molecule has 2 aromatic carbocycles. The van der Waals surface area contributed by atoms with Gasteiger partial charge in [-0.15, -0.1) is 0 Å². The average Bonchev–Trinajstić information content (AvgIpc) is 2.92. The summed E-state index contributed by atoms with van der Waals surface area (Å²) < 4.78 is 19.1. The van der Waals surface area contributed by atoms with E-state index >= 15 is 0 Å². The Morgan fingerprint density at radius 1 is 1.09 bits per heavy atom. The van der Waals surface area contributed by atoms with Gasteiger partial charge in [-0.2, -0.15) is 0 Å². The third-order valence-corrected chi connectivity index (χ3v) is 3.62. The van der Waals surface area contributed by atoms with Gasteiger partial charge in [0.15, 0.2) is 0 Å². The molecule has 2 nitrogen and oxygen atoms in total. The standard InChI is InChI=1S/C19H18FNO/c1-21(12-6-8-15-7-2-4-10-18(15)20)13-16-14-22-19-11-5-3-9-17(16)19/h2-11,14H,12-13H2,1H3/b8-6+. The third-order valence-electron chi connectivity index (χ3n) is 3.62. The van der Waals surface area contributed by atoms with Gasteiger partial charge in [0.2, 0.25) is 0 Å². The molecule has 0 saturated heterocycles. The number of halogens is 1. The van der Waals surface area contributed by atoms with Crippen LogP contribution in [0.15, 0.2) is 65.3 Å². The summed E-state index contributed by atoms with van der Waals surface area (Å²) in [6.45, 7) is 1.53. The van der Waals surface area contributed by atoms with E-state index in [9.17, 15) is 4.39 Å². The maximum Gasteiger partial charge on any atom is 0.134 e. The van der Waals surface area contributed by atoms with Crippen LogP contribution in [-0.4, -0.2) is 18.5 Å². The second kappa shape index (κ2) is 6.58. The van der Waals surface area contributed by atoms with Crippen molar-refractivity contribution in [3.63, 3.8) is 0 Å². The molecular weight excluding hydrogens is 277 g/mol. The highest BCUT2D eigenvalue weighted by molar-refractivity contribution is 5.80. The lowest BCUT2D eigenvalue weighted by atomic mass is 10.1. The van der Waals surface area contributed by atoms with Crippen LogP contribution in [0, 0.1) is 5.82 Å². The van der Waals surface area contributed by atoms with E-state index in [1.54, 1.807) is 12.1 Å². The van der Waals surface area contributed by atoms with Gasteiger partial charge in [-0.1, -0.05) is 48.6 Å². The lowest BCUT2D eigenvalue weighted by molar-refractivity contribution is 0.363. The second-order valence-electron chi connectivity index (χ2n) is 5.38. The van der Waals surface area contributed by atoms with Gasteiger partial charge >= 0.3 is 0 Å². The SMILES string of the molecule is CN(C/C=C/c1ccccc1F)Cc1coc2ccccc12. The molecule has 0 aliphatic carbocycles. The first kappa shape index (κ1) is 14.5. The quantitative estimate of drug-likeness (QED) is 0.677. The molecule has 0 fully saturated rings. The predicted molar refractivity (Wildman–Crippen MR) is 88.0 cm³/mol. The maximum atomic E-state index is 13.5. The monoisotopic (exact) mass is 295 g/mol. The van der Waals surface area contributed by atoms with Crippen LogP contribution in [0.3, 0.4) is 0 Å². The molecule has 112 valence electrons. The highest BCUT2D eigenvalue weighted by Gasteiger charge is 2.06. The smallest absolute Gasteiger partial charge is 0.134 e. The van der Waals surface area contributed by atoms with Crippen LogP contribution in [0.1, 0.15) is 11.1 Å². The van der Waals surface area contributed by atoms with Crippen molar-refractivity contribution in [1.29, 1.82) is 0 Å². The van der Waals surface area contributed by atoms with E-state index in [0.717, 1.165) is 29.6 Å². The van der Waals surface area contributed by atoms with E-state index in [2.05, 4.69) is 11.0 Å². The maximum absolute atomic E-state index is 13.5. The second-order valence-corrected chi connectivity index (χ2v) is 5.38. The molecule has 1 aromatic heterocycles. The van der Waals surface area contributed by atoms with Gasteiger partial charge in [0.25, 0.3) is 0 Å². The molecule has 3 heteroatoms. The molecule has 0 N–H and O–H groups in total. The lowest BCUT2D eigenvalue weighted by Crippen LogP contribution is -2.17. The summed E-state index contributed by atoms with van der Waals surface area (Å²) in [5, 5.41) is 1.15.